The highest BCUT2D eigenvalue weighted by Gasteiger charge is 2.16. The predicted octanol–water partition coefficient (Wildman–Crippen LogP) is 4.15. The Bertz CT molecular complexity index is 741. The second-order valence-electron chi connectivity index (χ2n) is 7.07. The molecule has 0 aromatic heterocycles. The van der Waals surface area contributed by atoms with Crippen molar-refractivity contribution in [2.75, 3.05) is 13.5 Å². The molecule has 1 heterocycles. The molecule has 0 saturated carbocycles. The van der Waals surface area contributed by atoms with E-state index in [1.54, 1.807) is 0 Å². The smallest absolute Gasteiger partial charge is 0.203 e. The third-order valence-corrected chi connectivity index (χ3v) is 4.16. The first-order valence-electron chi connectivity index (χ1n) is 9.06. The fourth-order valence-corrected chi connectivity index (χ4v) is 2.90. The zero-order valence-electron chi connectivity index (χ0n) is 15.7. The molecule has 3 rings (SSSR count). The number of hydrogen-bond acceptors (Lipinski definition) is 3. The third kappa shape index (κ3) is 5.31. The molecule has 2 aromatic carbocycles. The number of hydrogen-bond donors (Lipinski definition) is 1. The van der Waals surface area contributed by atoms with Gasteiger partial charge in [-0.05, 0) is 42.5 Å². The highest BCUT2D eigenvalue weighted by Crippen LogP contribution is 2.18. The maximum atomic E-state index is 5.23. The average Bonchev–Trinajstić information content (AvgIpc) is 2.82. The maximum absolute atomic E-state index is 5.23. The Kier molecular flexibility index (Phi) is 6.26. The van der Waals surface area contributed by atoms with Crippen LogP contribution in [0.3, 0.4) is 0 Å². The summed E-state index contributed by atoms with van der Waals surface area (Å²) in [6.07, 6.45) is 1.05. The van der Waals surface area contributed by atoms with Crippen LogP contribution in [-0.2, 0) is 22.7 Å². The molecule has 1 N–H and O–H groups in total. The van der Waals surface area contributed by atoms with E-state index in [2.05, 4.69) is 68.6 Å². The first-order valence-corrected chi connectivity index (χ1v) is 9.06. The summed E-state index contributed by atoms with van der Waals surface area (Å²) in [6.45, 7) is 7.83. The first kappa shape index (κ1) is 18.4. The molecule has 0 amide bonds. The minimum atomic E-state index is 0.273. The summed E-state index contributed by atoms with van der Waals surface area (Å²) in [5.74, 6) is 1.37. The van der Waals surface area contributed by atoms with Crippen LogP contribution in [0.5, 0.6) is 0 Å². The second-order valence-corrected chi connectivity index (χ2v) is 7.07. The molecule has 0 aliphatic carbocycles. The van der Waals surface area contributed by atoms with E-state index in [9.17, 15) is 0 Å². The van der Waals surface area contributed by atoms with Crippen LogP contribution in [-0.4, -0.2) is 24.3 Å². The monoisotopic (exact) mass is 353 g/mol. The average molecular weight is 353 g/mol. The van der Waals surface area contributed by atoms with E-state index in [1.807, 2.05) is 11.0 Å². The van der Waals surface area contributed by atoms with E-state index >= 15 is 0 Å². The lowest BCUT2D eigenvalue weighted by atomic mass is 10.0. The van der Waals surface area contributed by atoms with E-state index < -0.39 is 0 Å². The lowest BCUT2D eigenvalue weighted by Crippen LogP contribution is -2.39. The molecule has 0 radical (unpaired) electrons. The topological polar surface area (TPSA) is 46.1 Å². The second kappa shape index (κ2) is 8.83. The van der Waals surface area contributed by atoms with Crippen molar-refractivity contribution in [2.45, 2.75) is 33.7 Å². The van der Waals surface area contributed by atoms with Crippen molar-refractivity contribution in [2.24, 2.45) is 10.9 Å². The van der Waals surface area contributed by atoms with Gasteiger partial charge in [0.05, 0.1) is 5.69 Å². The van der Waals surface area contributed by atoms with Gasteiger partial charge in [-0.3, -0.25) is 0 Å². The zero-order chi connectivity index (χ0) is 18.4. The summed E-state index contributed by atoms with van der Waals surface area (Å²) in [6, 6.07) is 16.9. The minimum absolute atomic E-state index is 0.273. The molecule has 0 spiro atoms. The summed E-state index contributed by atoms with van der Waals surface area (Å²) in [4.78, 5) is 17.2. The Morgan fingerprint density at radius 2 is 1.88 bits per heavy atom. The van der Waals surface area contributed by atoms with E-state index in [-0.39, 0.29) is 6.73 Å². The fourth-order valence-electron chi connectivity index (χ4n) is 2.90. The van der Waals surface area contributed by atoms with Crippen LogP contribution in [0.1, 0.15) is 30.5 Å². The number of rotatable bonds is 5. The van der Waals surface area contributed by atoms with E-state index in [0.717, 1.165) is 18.1 Å². The largest absolute Gasteiger partial charge is 0.330 e. The van der Waals surface area contributed by atoms with E-state index in [1.165, 1.54) is 16.7 Å². The van der Waals surface area contributed by atoms with Crippen molar-refractivity contribution in [3.63, 3.8) is 0 Å². The summed E-state index contributed by atoms with van der Waals surface area (Å²) in [5.41, 5.74) is 4.68. The Labute approximate surface area is 155 Å². The number of nitrogens with one attached hydrogen (secondary N) is 1. The first-order chi connectivity index (χ1) is 12.6. The van der Waals surface area contributed by atoms with E-state index in [4.69, 9.17) is 14.8 Å². The molecule has 0 bridgehead atoms. The van der Waals surface area contributed by atoms with Crippen molar-refractivity contribution in [1.82, 2.24) is 10.2 Å². The van der Waals surface area contributed by atoms with Gasteiger partial charge < -0.3 is 10.2 Å². The molecule has 1 aliphatic heterocycles. The zero-order valence-corrected chi connectivity index (χ0v) is 15.7. The van der Waals surface area contributed by atoms with Crippen molar-refractivity contribution in [3.05, 3.63) is 65.2 Å². The Morgan fingerprint density at radius 1 is 1.08 bits per heavy atom. The fraction of sp³-hybridized carbons (Fsp3) is 0.381. The summed E-state index contributed by atoms with van der Waals surface area (Å²) in [7, 11) is 0. The maximum Gasteiger partial charge on any atom is 0.203 e. The van der Waals surface area contributed by atoms with Crippen molar-refractivity contribution in [1.29, 1.82) is 0 Å². The molecule has 2 aromatic rings. The van der Waals surface area contributed by atoms with Gasteiger partial charge in [-0.25, -0.2) is 14.8 Å². The van der Waals surface area contributed by atoms with Gasteiger partial charge in [-0.2, -0.15) is 0 Å². The van der Waals surface area contributed by atoms with Crippen molar-refractivity contribution >= 4 is 11.6 Å². The number of aryl methyl sites for hydroxylation is 1. The number of guanidine groups is 1. The molecular formula is C21H27N3O2. The Hall–Kier alpha value is -2.37. The summed E-state index contributed by atoms with van der Waals surface area (Å²) in [5, 5.41) is 3.20. The number of aliphatic imine (C=N–C) groups is 1. The molecule has 1 aliphatic rings. The third-order valence-electron chi connectivity index (χ3n) is 4.16. The van der Waals surface area contributed by atoms with Gasteiger partial charge in [-0.1, -0.05) is 55.8 Å². The van der Waals surface area contributed by atoms with Crippen LogP contribution < -0.4 is 5.32 Å². The Balaban J connectivity index is 1.81. The molecule has 138 valence electrons. The van der Waals surface area contributed by atoms with Gasteiger partial charge >= 0.3 is 0 Å². The molecule has 5 nitrogen and oxygen atoms in total. The predicted molar refractivity (Wildman–Crippen MR) is 104 cm³/mol. The number of benzene rings is 2. The highest BCUT2D eigenvalue weighted by molar-refractivity contribution is 5.82. The minimum Gasteiger partial charge on any atom is -0.330 e. The van der Waals surface area contributed by atoms with Gasteiger partial charge in [0.2, 0.25) is 5.96 Å². The molecule has 26 heavy (non-hydrogen) atoms. The van der Waals surface area contributed by atoms with Crippen LogP contribution >= 0.6 is 0 Å². The number of nitrogens with zero attached hydrogens (tertiary/aromatic N) is 2. The molecule has 5 heteroatoms. The lowest BCUT2D eigenvalue weighted by Gasteiger charge is -2.22. The quantitative estimate of drug-likeness (QED) is 0.820. The molecule has 0 atom stereocenters. The standard InChI is InChI=1S/C21H27N3O2/c1-16(2)11-19-5-4-6-20(12-19)23-21-22-14-25-26-15-24(21)13-18-9-7-17(3)8-10-18/h4-10,12,16H,11,13-15H2,1-3H3,(H,22,23). The van der Waals surface area contributed by atoms with Crippen molar-refractivity contribution < 1.29 is 9.78 Å². The normalized spacial score (nSPS) is 16.6. The van der Waals surface area contributed by atoms with Gasteiger partial charge in [0.25, 0.3) is 0 Å². The summed E-state index contributed by atoms with van der Waals surface area (Å²) < 4.78 is 0. The van der Waals surface area contributed by atoms with Gasteiger partial charge in [0.15, 0.2) is 13.5 Å². The molecule has 1 saturated heterocycles. The van der Waals surface area contributed by atoms with Gasteiger partial charge in [-0.15, -0.1) is 0 Å². The SMILES string of the molecule is Cc1ccc(CN2COOCN/C2=N\c2cccc(CC(C)C)c2)cc1. The Morgan fingerprint density at radius 3 is 2.65 bits per heavy atom. The van der Waals surface area contributed by atoms with Crippen LogP contribution in [0, 0.1) is 12.8 Å². The molecule has 1 fully saturated rings. The highest BCUT2D eigenvalue weighted by atomic mass is 17.2. The van der Waals surface area contributed by atoms with Gasteiger partial charge in [0, 0.05) is 6.54 Å². The molecule has 0 unspecified atom stereocenters. The lowest BCUT2D eigenvalue weighted by molar-refractivity contribution is -0.305. The van der Waals surface area contributed by atoms with E-state index in [0.29, 0.717) is 19.2 Å². The summed E-state index contributed by atoms with van der Waals surface area (Å²) >= 11 is 0. The van der Waals surface area contributed by atoms with Crippen molar-refractivity contribution in [3.8, 4) is 0 Å². The van der Waals surface area contributed by atoms with Crippen LogP contribution in [0.15, 0.2) is 53.5 Å². The van der Waals surface area contributed by atoms with Crippen LogP contribution in [0.25, 0.3) is 0 Å². The molecular weight excluding hydrogens is 326 g/mol. The van der Waals surface area contributed by atoms with Crippen LogP contribution in [0.2, 0.25) is 0 Å². The van der Waals surface area contributed by atoms with Gasteiger partial charge in [0.1, 0.15) is 0 Å². The van der Waals surface area contributed by atoms with Crippen LogP contribution in [0.4, 0.5) is 5.69 Å².